The normalized spacial score (nSPS) is 18.0. The van der Waals surface area contributed by atoms with E-state index in [0.717, 1.165) is 24.3 Å². The fourth-order valence-corrected chi connectivity index (χ4v) is 3.38. The molecule has 2 aromatic heterocycles. The highest BCUT2D eigenvalue weighted by atomic mass is 35.5. The first-order valence-electron chi connectivity index (χ1n) is 6.90. The van der Waals surface area contributed by atoms with Crippen LogP contribution in [0.3, 0.4) is 0 Å². The lowest BCUT2D eigenvalue weighted by Crippen LogP contribution is -2.36. The third-order valence-electron chi connectivity index (χ3n) is 3.51. The van der Waals surface area contributed by atoms with Crippen LogP contribution >= 0.6 is 22.9 Å². The summed E-state index contributed by atoms with van der Waals surface area (Å²) in [5, 5.41) is 2.15. The monoisotopic (exact) mass is 325 g/mol. The maximum absolute atomic E-state index is 12.7. The topological polar surface area (TPSA) is 42.7 Å². The van der Waals surface area contributed by atoms with Crippen LogP contribution in [-0.2, 0) is 11.3 Å². The summed E-state index contributed by atoms with van der Waals surface area (Å²) in [7, 11) is 0. The molecule has 1 aliphatic heterocycles. The molecule has 1 unspecified atom stereocenters. The van der Waals surface area contributed by atoms with Crippen molar-refractivity contribution in [1.29, 1.82) is 0 Å². The molecule has 3 rings (SSSR count). The molecule has 1 fully saturated rings. The van der Waals surface area contributed by atoms with Gasteiger partial charge in [-0.3, -0.25) is 4.79 Å². The highest BCUT2D eigenvalue weighted by Gasteiger charge is 2.26. The van der Waals surface area contributed by atoms with Crippen molar-refractivity contribution in [2.45, 2.75) is 25.5 Å². The van der Waals surface area contributed by atoms with Gasteiger partial charge >= 0.3 is 0 Å². The molecule has 1 aliphatic rings. The zero-order valence-corrected chi connectivity index (χ0v) is 13.0. The fraction of sp³-hybridized carbons (Fsp3) is 0.400. The molecule has 0 bridgehead atoms. The molecule has 0 saturated carbocycles. The number of carbonyl (C=O) groups excluding carboxylic acids is 1. The molecule has 0 radical (unpaired) electrons. The number of hydrogen-bond donors (Lipinski definition) is 0. The van der Waals surface area contributed by atoms with Gasteiger partial charge in [0.2, 0.25) is 5.22 Å². The number of thiophene rings is 1. The maximum Gasteiger partial charge on any atom is 0.259 e. The maximum atomic E-state index is 12.7. The van der Waals surface area contributed by atoms with E-state index >= 15 is 0 Å². The van der Waals surface area contributed by atoms with E-state index in [4.69, 9.17) is 20.8 Å². The van der Waals surface area contributed by atoms with Gasteiger partial charge in [-0.2, -0.15) is 0 Å². The predicted octanol–water partition coefficient (Wildman–Crippen LogP) is 3.82. The first-order chi connectivity index (χ1) is 10.2. The summed E-state index contributed by atoms with van der Waals surface area (Å²) in [5.41, 5.74) is 0.409. The van der Waals surface area contributed by atoms with Crippen molar-refractivity contribution in [3.63, 3.8) is 0 Å². The number of ether oxygens (including phenoxy) is 1. The van der Waals surface area contributed by atoms with E-state index in [1.807, 2.05) is 17.5 Å². The van der Waals surface area contributed by atoms with Crippen molar-refractivity contribution in [1.82, 2.24) is 4.90 Å². The average molecular weight is 326 g/mol. The van der Waals surface area contributed by atoms with Gasteiger partial charge in [0, 0.05) is 18.0 Å². The SMILES string of the molecule is O=C(c1ccoc1Cl)N(Cc1cccs1)CC1CCCO1. The molecule has 1 atom stereocenters. The van der Waals surface area contributed by atoms with Gasteiger partial charge in [0.1, 0.15) is 0 Å². The van der Waals surface area contributed by atoms with Gasteiger partial charge in [-0.1, -0.05) is 6.07 Å². The largest absolute Gasteiger partial charge is 0.452 e. The van der Waals surface area contributed by atoms with E-state index in [0.29, 0.717) is 18.7 Å². The van der Waals surface area contributed by atoms with E-state index in [1.54, 1.807) is 22.3 Å². The van der Waals surface area contributed by atoms with Crippen LogP contribution in [0, 0.1) is 0 Å². The Morgan fingerprint density at radius 3 is 3.00 bits per heavy atom. The molecule has 21 heavy (non-hydrogen) atoms. The van der Waals surface area contributed by atoms with Crippen molar-refractivity contribution in [2.24, 2.45) is 0 Å². The summed E-state index contributed by atoms with van der Waals surface area (Å²) in [5.74, 6) is -0.113. The predicted molar refractivity (Wildman–Crippen MR) is 81.8 cm³/mol. The number of halogens is 1. The summed E-state index contributed by atoms with van der Waals surface area (Å²) < 4.78 is 10.7. The zero-order valence-electron chi connectivity index (χ0n) is 11.5. The van der Waals surface area contributed by atoms with Gasteiger partial charge < -0.3 is 14.1 Å². The van der Waals surface area contributed by atoms with Crippen LogP contribution in [-0.4, -0.2) is 30.1 Å². The van der Waals surface area contributed by atoms with E-state index in [2.05, 4.69) is 0 Å². The second kappa shape index (κ2) is 6.64. The Labute approximate surface area is 132 Å². The summed E-state index contributed by atoms with van der Waals surface area (Å²) in [6.07, 6.45) is 3.59. The molecule has 1 amide bonds. The number of rotatable bonds is 5. The molecule has 0 aromatic carbocycles. The highest BCUT2D eigenvalue weighted by Crippen LogP contribution is 2.23. The minimum Gasteiger partial charge on any atom is -0.452 e. The minimum atomic E-state index is -0.113. The summed E-state index contributed by atoms with van der Waals surface area (Å²) in [6.45, 7) is 1.92. The Morgan fingerprint density at radius 1 is 1.48 bits per heavy atom. The van der Waals surface area contributed by atoms with Crippen molar-refractivity contribution in [3.8, 4) is 0 Å². The summed E-state index contributed by atoms with van der Waals surface area (Å²) >= 11 is 7.57. The van der Waals surface area contributed by atoms with Crippen molar-refractivity contribution in [3.05, 3.63) is 45.5 Å². The quantitative estimate of drug-likeness (QED) is 0.839. The Balaban J connectivity index is 1.77. The second-order valence-electron chi connectivity index (χ2n) is 5.01. The molecule has 4 nitrogen and oxygen atoms in total. The smallest absolute Gasteiger partial charge is 0.259 e. The van der Waals surface area contributed by atoms with Crippen molar-refractivity contribution in [2.75, 3.05) is 13.2 Å². The molecular formula is C15H16ClNO3S. The molecule has 6 heteroatoms. The summed E-state index contributed by atoms with van der Waals surface area (Å²) in [6, 6.07) is 5.62. The minimum absolute atomic E-state index is 0.111. The van der Waals surface area contributed by atoms with Crippen LogP contribution in [0.5, 0.6) is 0 Å². The molecule has 3 heterocycles. The molecule has 0 N–H and O–H groups in total. The van der Waals surface area contributed by atoms with Crippen LogP contribution in [0.4, 0.5) is 0 Å². The van der Waals surface area contributed by atoms with E-state index in [-0.39, 0.29) is 17.2 Å². The molecule has 1 saturated heterocycles. The molecular weight excluding hydrogens is 310 g/mol. The Bertz CT molecular complexity index is 590. The van der Waals surface area contributed by atoms with Crippen molar-refractivity contribution < 1.29 is 13.9 Å². The van der Waals surface area contributed by atoms with Crippen LogP contribution < -0.4 is 0 Å². The number of hydrogen-bond acceptors (Lipinski definition) is 4. The van der Waals surface area contributed by atoms with Gasteiger partial charge in [0.25, 0.3) is 5.91 Å². The molecule has 0 aliphatic carbocycles. The van der Waals surface area contributed by atoms with Crippen molar-refractivity contribution >= 4 is 28.8 Å². The van der Waals surface area contributed by atoms with Gasteiger partial charge in [-0.05, 0) is 42.0 Å². The lowest BCUT2D eigenvalue weighted by molar-refractivity contribution is 0.0509. The van der Waals surface area contributed by atoms with Gasteiger partial charge in [-0.25, -0.2) is 0 Å². The Hall–Kier alpha value is -1.30. The van der Waals surface area contributed by atoms with E-state index in [9.17, 15) is 4.79 Å². The lowest BCUT2D eigenvalue weighted by Gasteiger charge is -2.24. The summed E-state index contributed by atoms with van der Waals surface area (Å²) in [4.78, 5) is 15.6. The first kappa shape index (κ1) is 14.6. The number of carbonyl (C=O) groups is 1. The second-order valence-corrected chi connectivity index (χ2v) is 6.38. The van der Waals surface area contributed by atoms with E-state index < -0.39 is 0 Å². The van der Waals surface area contributed by atoms with Gasteiger partial charge in [0.15, 0.2) is 0 Å². The number of amides is 1. The van der Waals surface area contributed by atoms with Crippen LogP contribution in [0.1, 0.15) is 28.1 Å². The van der Waals surface area contributed by atoms with Gasteiger partial charge in [0.05, 0.1) is 24.5 Å². The molecule has 112 valence electrons. The average Bonchev–Trinajstić information content (AvgIpc) is 3.19. The standard InChI is InChI=1S/C15H16ClNO3S/c16-14-13(5-7-20-14)15(18)17(9-11-3-1-6-19-11)10-12-4-2-8-21-12/h2,4-5,7-8,11H,1,3,6,9-10H2. The zero-order chi connectivity index (χ0) is 14.7. The third kappa shape index (κ3) is 3.48. The fourth-order valence-electron chi connectivity index (χ4n) is 2.46. The van der Waals surface area contributed by atoms with Crippen LogP contribution in [0.2, 0.25) is 5.22 Å². The number of furan rings is 1. The molecule has 2 aromatic rings. The van der Waals surface area contributed by atoms with Crippen LogP contribution in [0.25, 0.3) is 0 Å². The number of nitrogens with zero attached hydrogens (tertiary/aromatic N) is 1. The lowest BCUT2D eigenvalue weighted by atomic mass is 10.2. The van der Waals surface area contributed by atoms with E-state index in [1.165, 1.54) is 6.26 Å². The van der Waals surface area contributed by atoms with Crippen LogP contribution in [0.15, 0.2) is 34.3 Å². The Morgan fingerprint density at radius 2 is 2.38 bits per heavy atom. The highest BCUT2D eigenvalue weighted by molar-refractivity contribution is 7.09. The Kier molecular flexibility index (Phi) is 4.63. The first-order valence-corrected chi connectivity index (χ1v) is 8.16. The third-order valence-corrected chi connectivity index (χ3v) is 4.66. The van der Waals surface area contributed by atoms with Gasteiger partial charge in [-0.15, -0.1) is 11.3 Å². The molecule has 0 spiro atoms.